The van der Waals surface area contributed by atoms with Crippen molar-refractivity contribution in [2.24, 2.45) is 0 Å². The predicted octanol–water partition coefficient (Wildman–Crippen LogP) is 1.56. The molecule has 0 unspecified atom stereocenters. The van der Waals surface area contributed by atoms with E-state index >= 15 is 0 Å². The summed E-state index contributed by atoms with van der Waals surface area (Å²) < 4.78 is 5.85. The minimum absolute atomic E-state index is 0.118. The molecule has 1 amide bonds. The van der Waals surface area contributed by atoms with Crippen LogP contribution < -0.4 is 11.1 Å². The molecular formula is C16H15N5O3. The minimum Gasteiger partial charge on any atom is -0.453 e. The van der Waals surface area contributed by atoms with Crippen molar-refractivity contribution in [2.75, 3.05) is 12.8 Å². The van der Waals surface area contributed by atoms with E-state index in [1.54, 1.807) is 24.3 Å². The highest BCUT2D eigenvalue weighted by Crippen LogP contribution is 2.19. The first-order valence-electron chi connectivity index (χ1n) is 7.14. The number of nitrogens with zero attached hydrogens (tertiary/aromatic N) is 3. The van der Waals surface area contributed by atoms with Gasteiger partial charge in [0.05, 0.1) is 30.4 Å². The van der Waals surface area contributed by atoms with Crippen molar-refractivity contribution >= 4 is 29.0 Å². The normalized spacial score (nSPS) is 10.5. The van der Waals surface area contributed by atoms with Crippen molar-refractivity contribution in [3.8, 4) is 0 Å². The van der Waals surface area contributed by atoms with Crippen LogP contribution in [0.4, 0.5) is 10.7 Å². The molecule has 0 aliphatic heterocycles. The number of para-hydroxylation sites is 2. The van der Waals surface area contributed by atoms with Crippen LogP contribution >= 0.6 is 0 Å². The first-order valence-corrected chi connectivity index (χ1v) is 7.14. The largest absolute Gasteiger partial charge is 0.453 e. The number of hydrogen-bond acceptors (Lipinski definition) is 6. The quantitative estimate of drug-likeness (QED) is 0.755. The molecule has 0 bridgehead atoms. The number of benzene rings is 1. The monoisotopic (exact) mass is 325 g/mol. The van der Waals surface area contributed by atoms with Crippen LogP contribution in [0.2, 0.25) is 0 Å². The summed E-state index contributed by atoms with van der Waals surface area (Å²) in [6.07, 6.45) is 0.926. The average molecular weight is 325 g/mol. The van der Waals surface area contributed by atoms with Gasteiger partial charge >= 0.3 is 6.09 Å². The second-order valence-electron chi connectivity index (χ2n) is 4.98. The SMILES string of the molecule is COC(=O)NCc1cc(C(=O)n2c(N)nc3ccccc32)ccn1. The Morgan fingerprint density at radius 2 is 2.08 bits per heavy atom. The molecule has 2 aromatic heterocycles. The molecule has 0 fully saturated rings. The van der Waals surface area contributed by atoms with E-state index in [-0.39, 0.29) is 18.4 Å². The van der Waals surface area contributed by atoms with Gasteiger partial charge < -0.3 is 15.8 Å². The number of nitrogen functional groups attached to an aromatic ring is 1. The van der Waals surface area contributed by atoms with Crippen molar-refractivity contribution in [1.82, 2.24) is 19.9 Å². The van der Waals surface area contributed by atoms with Crippen molar-refractivity contribution in [3.63, 3.8) is 0 Å². The number of ether oxygens (including phenoxy) is 1. The Labute approximate surface area is 137 Å². The zero-order chi connectivity index (χ0) is 17.1. The van der Waals surface area contributed by atoms with Gasteiger partial charge in [0, 0.05) is 11.8 Å². The number of carbonyl (C=O) groups is 2. The lowest BCUT2D eigenvalue weighted by molar-refractivity contribution is 0.0966. The van der Waals surface area contributed by atoms with E-state index < -0.39 is 6.09 Å². The molecule has 122 valence electrons. The van der Waals surface area contributed by atoms with Crippen LogP contribution in [0, 0.1) is 0 Å². The van der Waals surface area contributed by atoms with E-state index in [4.69, 9.17) is 5.73 Å². The van der Waals surface area contributed by atoms with Crippen LogP contribution in [0.25, 0.3) is 11.0 Å². The summed E-state index contributed by atoms with van der Waals surface area (Å²) in [7, 11) is 1.27. The molecule has 3 N–H and O–H groups in total. The standard InChI is InChI=1S/C16H15N5O3/c1-24-16(23)19-9-11-8-10(6-7-18-11)14(22)21-13-5-3-2-4-12(13)20-15(21)17/h2-8H,9H2,1H3,(H2,17,20)(H,19,23). The number of rotatable bonds is 3. The van der Waals surface area contributed by atoms with Crippen molar-refractivity contribution < 1.29 is 14.3 Å². The van der Waals surface area contributed by atoms with Gasteiger partial charge in [0.2, 0.25) is 5.95 Å². The summed E-state index contributed by atoms with van der Waals surface area (Å²) in [5.41, 5.74) is 8.07. The third kappa shape index (κ3) is 2.89. The number of aromatic nitrogens is 3. The Morgan fingerprint density at radius 3 is 2.88 bits per heavy atom. The number of anilines is 1. The molecule has 0 radical (unpaired) electrons. The molecule has 0 saturated carbocycles. The Hall–Kier alpha value is -3.42. The highest BCUT2D eigenvalue weighted by molar-refractivity contribution is 6.03. The lowest BCUT2D eigenvalue weighted by Gasteiger charge is -2.07. The van der Waals surface area contributed by atoms with Gasteiger partial charge in [-0.1, -0.05) is 12.1 Å². The summed E-state index contributed by atoms with van der Waals surface area (Å²) in [5.74, 6) is -0.199. The second kappa shape index (κ2) is 6.37. The number of nitrogens with one attached hydrogen (secondary N) is 1. The summed E-state index contributed by atoms with van der Waals surface area (Å²) in [6, 6.07) is 10.4. The first kappa shape index (κ1) is 15.5. The predicted molar refractivity (Wildman–Crippen MR) is 87.4 cm³/mol. The molecule has 8 heteroatoms. The lowest BCUT2D eigenvalue weighted by Crippen LogP contribution is -2.23. The molecule has 24 heavy (non-hydrogen) atoms. The number of carbonyl (C=O) groups excluding carboxylic acids is 2. The fourth-order valence-electron chi connectivity index (χ4n) is 2.33. The van der Waals surface area contributed by atoms with E-state index in [2.05, 4.69) is 20.0 Å². The molecule has 0 aliphatic rings. The molecule has 0 atom stereocenters. The van der Waals surface area contributed by atoms with Gasteiger partial charge in [0.25, 0.3) is 5.91 Å². The molecule has 1 aromatic carbocycles. The topological polar surface area (TPSA) is 112 Å². The lowest BCUT2D eigenvalue weighted by atomic mass is 10.2. The van der Waals surface area contributed by atoms with Crippen LogP contribution in [0.5, 0.6) is 0 Å². The number of alkyl carbamates (subject to hydrolysis) is 1. The van der Waals surface area contributed by atoms with Gasteiger partial charge in [-0.3, -0.25) is 9.78 Å². The van der Waals surface area contributed by atoms with Crippen LogP contribution in [0.1, 0.15) is 16.1 Å². The van der Waals surface area contributed by atoms with Crippen LogP contribution in [-0.2, 0) is 11.3 Å². The maximum atomic E-state index is 12.8. The zero-order valence-electron chi connectivity index (χ0n) is 12.9. The molecule has 0 aliphatic carbocycles. The molecular weight excluding hydrogens is 310 g/mol. The minimum atomic E-state index is -0.571. The molecule has 3 rings (SSSR count). The van der Waals surface area contributed by atoms with E-state index in [0.717, 1.165) is 0 Å². The number of methoxy groups -OCH3 is 1. The van der Waals surface area contributed by atoms with Crippen LogP contribution in [0.15, 0.2) is 42.6 Å². The number of nitrogens with two attached hydrogens (primary N) is 1. The van der Waals surface area contributed by atoms with Gasteiger partial charge in [0.1, 0.15) is 0 Å². The van der Waals surface area contributed by atoms with Gasteiger partial charge in [-0.2, -0.15) is 0 Å². The Kier molecular flexibility index (Phi) is 4.11. The van der Waals surface area contributed by atoms with Crippen molar-refractivity contribution in [3.05, 3.63) is 53.9 Å². The maximum absolute atomic E-state index is 12.8. The summed E-state index contributed by atoms with van der Waals surface area (Å²) in [6.45, 7) is 0.147. The number of pyridine rings is 1. The van der Waals surface area contributed by atoms with E-state index in [1.165, 1.54) is 17.9 Å². The number of fused-ring (bicyclic) bond motifs is 1. The molecule has 8 nitrogen and oxygen atoms in total. The molecule has 2 heterocycles. The zero-order valence-corrected chi connectivity index (χ0v) is 12.9. The number of imidazole rings is 1. The Morgan fingerprint density at radius 1 is 1.29 bits per heavy atom. The van der Waals surface area contributed by atoms with Gasteiger partial charge in [0.15, 0.2) is 0 Å². The van der Waals surface area contributed by atoms with Gasteiger partial charge in [-0.05, 0) is 24.3 Å². The van der Waals surface area contributed by atoms with Crippen LogP contribution in [0.3, 0.4) is 0 Å². The fourth-order valence-corrected chi connectivity index (χ4v) is 2.33. The van der Waals surface area contributed by atoms with Gasteiger partial charge in [-0.15, -0.1) is 0 Å². The number of hydrogen-bond donors (Lipinski definition) is 2. The highest BCUT2D eigenvalue weighted by atomic mass is 16.5. The van der Waals surface area contributed by atoms with Gasteiger partial charge in [-0.25, -0.2) is 14.3 Å². The summed E-state index contributed by atoms with van der Waals surface area (Å²) in [5, 5.41) is 2.51. The van der Waals surface area contributed by atoms with E-state index in [9.17, 15) is 9.59 Å². The van der Waals surface area contributed by atoms with Crippen molar-refractivity contribution in [2.45, 2.75) is 6.54 Å². The third-order valence-corrected chi connectivity index (χ3v) is 3.45. The molecule has 0 saturated heterocycles. The van der Waals surface area contributed by atoms with Crippen LogP contribution in [-0.4, -0.2) is 33.6 Å². The maximum Gasteiger partial charge on any atom is 0.407 e. The highest BCUT2D eigenvalue weighted by Gasteiger charge is 2.17. The summed E-state index contributed by atoms with van der Waals surface area (Å²) >= 11 is 0. The average Bonchev–Trinajstić information content (AvgIpc) is 2.95. The Bertz CT molecular complexity index is 919. The first-order chi connectivity index (χ1) is 11.6. The second-order valence-corrected chi connectivity index (χ2v) is 4.98. The van der Waals surface area contributed by atoms with E-state index in [0.29, 0.717) is 22.3 Å². The molecule has 0 spiro atoms. The summed E-state index contributed by atoms with van der Waals surface area (Å²) in [4.78, 5) is 32.2. The van der Waals surface area contributed by atoms with E-state index in [1.807, 2.05) is 12.1 Å². The Balaban J connectivity index is 1.92. The molecule has 3 aromatic rings. The fraction of sp³-hybridized carbons (Fsp3) is 0.125. The third-order valence-electron chi connectivity index (χ3n) is 3.45. The smallest absolute Gasteiger partial charge is 0.407 e. The van der Waals surface area contributed by atoms with Crippen molar-refractivity contribution in [1.29, 1.82) is 0 Å². The number of amides is 1.